The summed E-state index contributed by atoms with van der Waals surface area (Å²) in [5.74, 6) is 0.0791. The van der Waals surface area contributed by atoms with E-state index in [4.69, 9.17) is 4.74 Å². The van der Waals surface area contributed by atoms with Gasteiger partial charge < -0.3 is 10.1 Å². The number of fused-ring (bicyclic) bond motifs is 1. The number of amides is 1. The number of ether oxygens (including phenoxy) is 1. The number of benzene rings is 2. The summed E-state index contributed by atoms with van der Waals surface area (Å²) < 4.78 is 43.1. The molecule has 1 aliphatic rings. The minimum Gasteiger partial charge on any atom is -0.474 e. The van der Waals surface area contributed by atoms with Gasteiger partial charge >= 0.3 is 6.18 Å². The van der Waals surface area contributed by atoms with Crippen LogP contribution in [-0.2, 0) is 11.0 Å². The van der Waals surface area contributed by atoms with Crippen LogP contribution in [0, 0.1) is 0 Å². The van der Waals surface area contributed by atoms with Crippen molar-refractivity contribution in [2.45, 2.75) is 12.3 Å². The molecule has 1 amide bonds. The van der Waals surface area contributed by atoms with Crippen LogP contribution in [0.15, 0.2) is 48.5 Å². The Bertz CT molecular complexity index is 680. The summed E-state index contributed by atoms with van der Waals surface area (Å²) >= 11 is 0. The predicted octanol–water partition coefficient (Wildman–Crippen LogP) is 3.78. The topological polar surface area (TPSA) is 38.3 Å². The first-order chi connectivity index (χ1) is 9.95. The van der Waals surface area contributed by atoms with E-state index in [2.05, 4.69) is 5.32 Å². The molecule has 2 aromatic carbocycles. The Kier molecular flexibility index (Phi) is 3.08. The molecule has 6 heteroatoms. The van der Waals surface area contributed by atoms with Crippen molar-refractivity contribution in [3.05, 3.63) is 59.7 Å². The fourth-order valence-electron chi connectivity index (χ4n) is 2.12. The van der Waals surface area contributed by atoms with Gasteiger partial charge in [-0.1, -0.05) is 24.3 Å². The van der Waals surface area contributed by atoms with Crippen LogP contribution in [0.2, 0.25) is 0 Å². The highest BCUT2D eigenvalue weighted by molar-refractivity contribution is 5.98. The number of nitrogens with one attached hydrogen (secondary N) is 1. The van der Waals surface area contributed by atoms with Crippen molar-refractivity contribution in [2.75, 3.05) is 5.32 Å². The van der Waals surface area contributed by atoms with Gasteiger partial charge in [-0.15, -0.1) is 0 Å². The Morgan fingerprint density at radius 1 is 1.00 bits per heavy atom. The highest BCUT2D eigenvalue weighted by Gasteiger charge is 2.32. The van der Waals surface area contributed by atoms with E-state index in [-0.39, 0.29) is 0 Å². The molecule has 0 spiro atoms. The molecule has 3 rings (SSSR count). The highest BCUT2D eigenvalue weighted by atomic mass is 19.4. The molecular formula is C15H10F3NO2. The quantitative estimate of drug-likeness (QED) is 0.869. The molecule has 3 nitrogen and oxygen atoms in total. The molecule has 1 aliphatic heterocycles. The van der Waals surface area contributed by atoms with Gasteiger partial charge in [-0.3, -0.25) is 4.79 Å². The SMILES string of the molecule is O=C1Nc2ccccc2O[C@@H]1c1ccc(C(F)(F)F)cc1. The van der Waals surface area contributed by atoms with Gasteiger partial charge in [0.2, 0.25) is 6.10 Å². The van der Waals surface area contributed by atoms with E-state index in [1.165, 1.54) is 12.1 Å². The Hall–Kier alpha value is -2.50. The first-order valence-electron chi connectivity index (χ1n) is 6.19. The molecule has 1 atom stereocenters. The van der Waals surface area contributed by atoms with Gasteiger partial charge in [0.25, 0.3) is 5.91 Å². The van der Waals surface area contributed by atoms with Crippen molar-refractivity contribution in [1.82, 2.24) is 0 Å². The number of rotatable bonds is 1. The number of halogens is 3. The zero-order valence-corrected chi connectivity index (χ0v) is 10.6. The number of anilines is 1. The Balaban J connectivity index is 1.89. The maximum atomic E-state index is 12.5. The van der Waals surface area contributed by atoms with Crippen LogP contribution in [0.3, 0.4) is 0 Å². The van der Waals surface area contributed by atoms with Gasteiger partial charge in [0.15, 0.2) is 0 Å². The molecule has 1 heterocycles. The third-order valence-electron chi connectivity index (χ3n) is 3.17. The summed E-state index contributed by atoms with van der Waals surface area (Å²) in [7, 11) is 0. The van der Waals surface area contributed by atoms with Gasteiger partial charge in [-0.2, -0.15) is 13.2 Å². The second-order valence-electron chi connectivity index (χ2n) is 4.60. The van der Waals surface area contributed by atoms with Crippen molar-refractivity contribution in [3.63, 3.8) is 0 Å². The first-order valence-corrected chi connectivity index (χ1v) is 6.19. The molecule has 1 N–H and O–H groups in total. The molecule has 0 saturated carbocycles. The zero-order chi connectivity index (χ0) is 15.0. The Labute approximate surface area is 118 Å². The van der Waals surface area contributed by atoms with Gasteiger partial charge in [0.1, 0.15) is 5.75 Å². The lowest BCUT2D eigenvalue weighted by molar-refractivity contribution is -0.137. The van der Waals surface area contributed by atoms with Crippen LogP contribution < -0.4 is 10.1 Å². The first kappa shape index (κ1) is 13.5. The number of alkyl halides is 3. The maximum Gasteiger partial charge on any atom is 0.416 e. The van der Waals surface area contributed by atoms with Crippen molar-refractivity contribution in [2.24, 2.45) is 0 Å². The summed E-state index contributed by atoms with van der Waals surface area (Å²) in [6.07, 6.45) is -5.36. The molecule has 108 valence electrons. The molecule has 0 saturated heterocycles. The normalized spacial score (nSPS) is 17.7. The standard InChI is InChI=1S/C15H10F3NO2/c16-15(17,18)10-7-5-9(6-8-10)13-14(20)19-11-3-1-2-4-12(11)21-13/h1-8,13H,(H,19,20)/t13-/m1/s1. The fraction of sp³-hybridized carbons (Fsp3) is 0.133. The average molecular weight is 293 g/mol. The molecule has 0 fully saturated rings. The molecule has 0 unspecified atom stereocenters. The maximum absolute atomic E-state index is 12.5. The molecule has 0 bridgehead atoms. The smallest absolute Gasteiger partial charge is 0.416 e. The Morgan fingerprint density at radius 3 is 2.33 bits per heavy atom. The summed E-state index contributed by atoms with van der Waals surface area (Å²) in [5, 5.41) is 2.67. The number of para-hydroxylation sites is 2. The van der Waals surface area contributed by atoms with E-state index in [0.717, 1.165) is 12.1 Å². The van der Waals surface area contributed by atoms with E-state index in [1.807, 2.05) is 0 Å². The molecule has 0 radical (unpaired) electrons. The van der Waals surface area contributed by atoms with E-state index < -0.39 is 23.8 Å². The lowest BCUT2D eigenvalue weighted by atomic mass is 10.0. The summed E-state index contributed by atoms with van der Waals surface area (Å²) in [5.41, 5.74) is 0.156. The van der Waals surface area contributed by atoms with E-state index in [0.29, 0.717) is 17.0 Å². The molecule has 0 aromatic heterocycles. The van der Waals surface area contributed by atoms with Crippen molar-refractivity contribution < 1.29 is 22.7 Å². The van der Waals surface area contributed by atoms with Gasteiger partial charge in [0, 0.05) is 5.56 Å². The van der Waals surface area contributed by atoms with Crippen LogP contribution in [-0.4, -0.2) is 5.91 Å². The average Bonchev–Trinajstić information content (AvgIpc) is 2.46. The van der Waals surface area contributed by atoms with Crippen LogP contribution in [0.4, 0.5) is 18.9 Å². The molecule has 21 heavy (non-hydrogen) atoms. The van der Waals surface area contributed by atoms with Gasteiger partial charge in [0.05, 0.1) is 11.3 Å². The Morgan fingerprint density at radius 2 is 1.67 bits per heavy atom. The second kappa shape index (κ2) is 4.80. The molecule has 2 aromatic rings. The minimum absolute atomic E-state index is 0.370. The van der Waals surface area contributed by atoms with Crippen molar-refractivity contribution >= 4 is 11.6 Å². The number of carbonyl (C=O) groups excluding carboxylic acids is 1. The summed E-state index contributed by atoms with van der Waals surface area (Å²) in [6.45, 7) is 0. The van der Waals surface area contributed by atoms with Gasteiger partial charge in [-0.25, -0.2) is 0 Å². The monoisotopic (exact) mass is 293 g/mol. The van der Waals surface area contributed by atoms with E-state index in [1.54, 1.807) is 24.3 Å². The van der Waals surface area contributed by atoms with Crippen molar-refractivity contribution in [1.29, 1.82) is 0 Å². The van der Waals surface area contributed by atoms with E-state index in [9.17, 15) is 18.0 Å². The number of hydrogen-bond acceptors (Lipinski definition) is 2. The minimum atomic E-state index is -4.40. The highest BCUT2D eigenvalue weighted by Crippen LogP contribution is 2.35. The van der Waals surface area contributed by atoms with Crippen LogP contribution in [0.25, 0.3) is 0 Å². The van der Waals surface area contributed by atoms with Crippen molar-refractivity contribution in [3.8, 4) is 5.75 Å². The third kappa shape index (κ3) is 2.56. The molecular weight excluding hydrogens is 283 g/mol. The van der Waals surface area contributed by atoms with E-state index >= 15 is 0 Å². The van der Waals surface area contributed by atoms with Crippen LogP contribution in [0.5, 0.6) is 5.75 Å². The number of carbonyl (C=O) groups is 1. The fourth-order valence-corrected chi connectivity index (χ4v) is 2.12. The lowest BCUT2D eigenvalue weighted by Crippen LogP contribution is -2.30. The predicted molar refractivity (Wildman–Crippen MR) is 69.9 cm³/mol. The molecule has 0 aliphatic carbocycles. The summed E-state index contributed by atoms with van der Waals surface area (Å²) in [6, 6.07) is 11.3. The zero-order valence-electron chi connectivity index (χ0n) is 10.6. The third-order valence-corrected chi connectivity index (χ3v) is 3.17. The summed E-state index contributed by atoms with van der Waals surface area (Å²) in [4.78, 5) is 12.0. The largest absolute Gasteiger partial charge is 0.474 e. The van der Waals surface area contributed by atoms with Crippen LogP contribution >= 0.6 is 0 Å². The van der Waals surface area contributed by atoms with Gasteiger partial charge in [-0.05, 0) is 24.3 Å². The second-order valence-corrected chi connectivity index (χ2v) is 4.60. The number of hydrogen-bond donors (Lipinski definition) is 1. The van der Waals surface area contributed by atoms with Crippen LogP contribution in [0.1, 0.15) is 17.2 Å². The lowest BCUT2D eigenvalue weighted by Gasteiger charge is -2.26.